The summed E-state index contributed by atoms with van der Waals surface area (Å²) >= 11 is 0. The van der Waals surface area contributed by atoms with Crippen LogP contribution in [0.5, 0.6) is 0 Å². The summed E-state index contributed by atoms with van der Waals surface area (Å²) in [5, 5.41) is 11.6. The second-order valence-electron chi connectivity index (χ2n) is 6.41. The molecular formula is C15H27NO5. The Hall–Kier alpha value is -1.14. The van der Waals surface area contributed by atoms with E-state index in [1.165, 1.54) is 0 Å². The van der Waals surface area contributed by atoms with Crippen molar-refractivity contribution < 1.29 is 24.2 Å². The van der Waals surface area contributed by atoms with E-state index in [1.807, 2.05) is 0 Å². The van der Waals surface area contributed by atoms with E-state index in [0.29, 0.717) is 25.0 Å². The maximum Gasteiger partial charge on any atom is 0.336 e. The van der Waals surface area contributed by atoms with Crippen molar-refractivity contribution in [2.75, 3.05) is 13.2 Å². The third-order valence-corrected chi connectivity index (χ3v) is 3.25. The average molecular weight is 301 g/mol. The normalized spacial score (nSPS) is 22.4. The van der Waals surface area contributed by atoms with Gasteiger partial charge >= 0.3 is 5.97 Å². The lowest BCUT2D eigenvalue weighted by Gasteiger charge is -2.20. The van der Waals surface area contributed by atoms with Gasteiger partial charge in [-0.3, -0.25) is 4.79 Å². The molecular weight excluding hydrogens is 274 g/mol. The Labute approximate surface area is 126 Å². The summed E-state index contributed by atoms with van der Waals surface area (Å²) in [5.74, 6) is -0.456. The Balaban J connectivity index is 2.35. The molecule has 6 nitrogen and oxygen atoms in total. The number of nitrogens with one attached hydrogen (secondary N) is 1. The van der Waals surface area contributed by atoms with Gasteiger partial charge in [-0.15, -0.1) is 0 Å². The predicted octanol–water partition coefficient (Wildman–Crippen LogP) is 1.43. The highest BCUT2D eigenvalue weighted by molar-refractivity contribution is 5.92. The molecule has 0 spiro atoms. The average Bonchev–Trinajstić information content (AvgIpc) is 3.13. The predicted molar refractivity (Wildman–Crippen MR) is 78.0 cm³/mol. The second-order valence-corrected chi connectivity index (χ2v) is 6.41. The van der Waals surface area contributed by atoms with Crippen LogP contribution in [0.1, 0.15) is 40.5 Å². The smallest absolute Gasteiger partial charge is 0.336 e. The van der Waals surface area contributed by atoms with Gasteiger partial charge in [-0.2, -0.15) is 0 Å². The van der Waals surface area contributed by atoms with Gasteiger partial charge in [0.05, 0.1) is 12.6 Å². The number of carbonyl (C=O) groups excluding carboxylic acids is 1. The van der Waals surface area contributed by atoms with Crippen LogP contribution in [0.15, 0.2) is 0 Å². The lowest BCUT2D eigenvalue weighted by molar-refractivity contribution is -0.138. The van der Waals surface area contributed by atoms with E-state index in [2.05, 4.69) is 33.0 Å². The van der Waals surface area contributed by atoms with Crippen molar-refractivity contribution in [3.8, 4) is 0 Å². The van der Waals surface area contributed by atoms with Crippen LogP contribution >= 0.6 is 0 Å². The third kappa shape index (κ3) is 6.91. The van der Waals surface area contributed by atoms with Gasteiger partial charge in [0, 0.05) is 6.61 Å². The van der Waals surface area contributed by atoms with E-state index in [1.54, 1.807) is 0 Å². The molecule has 0 aromatic heterocycles. The Bertz CT molecular complexity index is 356. The zero-order valence-electron chi connectivity index (χ0n) is 13.3. The number of hydrogen-bond acceptors (Lipinski definition) is 4. The van der Waals surface area contributed by atoms with Gasteiger partial charge in [-0.1, -0.05) is 27.7 Å². The molecule has 0 aromatic rings. The molecule has 1 fully saturated rings. The first-order valence-corrected chi connectivity index (χ1v) is 7.57. The highest BCUT2D eigenvalue weighted by Gasteiger charge is 2.51. The highest BCUT2D eigenvalue weighted by atomic mass is 16.6. The minimum absolute atomic E-state index is 0.108. The standard InChI is InChI=1S/C15H27NO5/c1-9(2)5-6-20-8-11(7-10(3)4)16-14(17)12-13(21-12)15(18)19/h9-13H,5-8H2,1-4H3,(H,16,17)(H,18,19)/t11-,12-,13-/m0/s1. The lowest BCUT2D eigenvalue weighted by atomic mass is 10.0. The van der Waals surface area contributed by atoms with E-state index in [0.717, 1.165) is 12.8 Å². The number of hydrogen-bond donors (Lipinski definition) is 2. The number of epoxide rings is 1. The Morgan fingerprint density at radius 2 is 1.86 bits per heavy atom. The van der Waals surface area contributed by atoms with Crippen molar-refractivity contribution in [1.29, 1.82) is 0 Å². The van der Waals surface area contributed by atoms with Gasteiger partial charge in [0.2, 0.25) is 0 Å². The van der Waals surface area contributed by atoms with E-state index >= 15 is 0 Å². The number of carboxylic acid groups (broad SMARTS) is 1. The summed E-state index contributed by atoms with van der Waals surface area (Å²) in [7, 11) is 0. The van der Waals surface area contributed by atoms with Crippen molar-refractivity contribution in [3.05, 3.63) is 0 Å². The van der Waals surface area contributed by atoms with Crippen LogP contribution in [0.2, 0.25) is 0 Å². The van der Waals surface area contributed by atoms with Gasteiger partial charge < -0.3 is 19.9 Å². The number of carboxylic acids is 1. The van der Waals surface area contributed by atoms with Gasteiger partial charge in [-0.05, 0) is 24.7 Å². The molecule has 3 atom stereocenters. The first-order chi connectivity index (χ1) is 9.81. The van der Waals surface area contributed by atoms with Crippen LogP contribution < -0.4 is 5.32 Å². The zero-order chi connectivity index (χ0) is 16.0. The minimum Gasteiger partial charge on any atom is -0.479 e. The van der Waals surface area contributed by atoms with Crippen molar-refractivity contribution >= 4 is 11.9 Å². The molecule has 0 radical (unpaired) electrons. The molecule has 122 valence electrons. The molecule has 1 saturated heterocycles. The molecule has 0 aliphatic carbocycles. The van der Waals surface area contributed by atoms with Gasteiger partial charge in [0.1, 0.15) is 0 Å². The fourth-order valence-electron chi connectivity index (χ4n) is 2.07. The summed E-state index contributed by atoms with van der Waals surface area (Å²) in [6, 6.07) is -0.108. The molecule has 0 saturated carbocycles. The first-order valence-electron chi connectivity index (χ1n) is 7.57. The molecule has 1 heterocycles. The minimum atomic E-state index is -1.09. The molecule has 21 heavy (non-hydrogen) atoms. The third-order valence-electron chi connectivity index (χ3n) is 3.25. The van der Waals surface area contributed by atoms with Crippen LogP contribution in [0, 0.1) is 11.8 Å². The molecule has 1 amide bonds. The largest absolute Gasteiger partial charge is 0.479 e. The Morgan fingerprint density at radius 3 is 2.33 bits per heavy atom. The van der Waals surface area contributed by atoms with Crippen molar-refractivity contribution in [2.24, 2.45) is 11.8 Å². The Kier molecular flexibility index (Phi) is 7.11. The fraction of sp³-hybridized carbons (Fsp3) is 0.867. The van der Waals surface area contributed by atoms with Crippen LogP contribution in [0.25, 0.3) is 0 Å². The van der Waals surface area contributed by atoms with Crippen LogP contribution in [-0.4, -0.2) is 48.4 Å². The summed E-state index contributed by atoms with van der Waals surface area (Å²) in [6.07, 6.45) is -0.0769. The summed E-state index contributed by atoms with van der Waals surface area (Å²) in [6.45, 7) is 9.52. The number of ether oxygens (including phenoxy) is 2. The molecule has 0 bridgehead atoms. The maximum absolute atomic E-state index is 11.9. The van der Waals surface area contributed by atoms with Crippen LogP contribution in [0.4, 0.5) is 0 Å². The molecule has 6 heteroatoms. The van der Waals surface area contributed by atoms with E-state index in [-0.39, 0.29) is 11.9 Å². The summed E-state index contributed by atoms with van der Waals surface area (Å²) in [4.78, 5) is 22.6. The SMILES string of the molecule is CC(C)CCOC[C@H](CC(C)C)NC(=O)[C@H]1O[C@@H]1C(=O)O. The van der Waals surface area contributed by atoms with Crippen LogP contribution in [0.3, 0.4) is 0 Å². The van der Waals surface area contributed by atoms with Gasteiger partial charge in [0.15, 0.2) is 12.2 Å². The van der Waals surface area contributed by atoms with Crippen molar-refractivity contribution in [3.63, 3.8) is 0 Å². The molecule has 1 rings (SSSR count). The van der Waals surface area contributed by atoms with E-state index in [9.17, 15) is 9.59 Å². The van der Waals surface area contributed by atoms with Crippen LogP contribution in [-0.2, 0) is 19.1 Å². The van der Waals surface area contributed by atoms with Gasteiger partial charge in [0.25, 0.3) is 5.91 Å². The summed E-state index contributed by atoms with van der Waals surface area (Å²) < 4.78 is 10.5. The topological polar surface area (TPSA) is 88.2 Å². The van der Waals surface area contributed by atoms with E-state index in [4.69, 9.17) is 14.6 Å². The quantitative estimate of drug-likeness (QED) is 0.471. The summed E-state index contributed by atoms with van der Waals surface area (Å²) in [5.41, 5.74) is 0. The number of rotatable bonds is 10. The Morgan fingerprint density at radius 1 is 1.19 bits per heavy atom. The van der Waals surface area contributed by atoms with Gasteiger partial charge in [-0.25, -0.2) is 4.79 Å². The molecule has 0 aromatic carbocycles. The molecule has 1 aliphatic rings. The highest BCUT2D eigenvalue weighted by Crippen LogP contribution is 2.22. The molecule has 2 N–H and O–H groups in total. The first kappa shape index (κ1) is 17.9. The monoisotopic (exact) mass is 301 g/mol. The van der Waals surface area contributed by atoms with Crippen molar-refractivity contribution in [2.45, 2.75) is 58.8 Å². The molecule has 0 unspecified atom stereocenters. The maximum atomic E-state index is 11.9. The lowest BCUT2D eigenvalue weighted by Crippen LogP contribution is -2.42. The number of amides is 1. The fourth-order valence-corrected chi connectivity index (χ4v) is 2.07. The zero-order valence-corrected chi connectivity index (χ0v) is 13.3. The molecule has 1 aliphatic heterocycles. The number of carbonyl (C=O) groups is 2. The van der Waals surface area contributed by atoms with Crippen molar-refractivity contribution in [1.82, 2.24) is 5.32 Å². The number of aliphatic carboxylic acids is 1. The second kappa shape index (κ2) is 8.34. The van der Waals surface area contributed by atoms with E-state index < -0.39 is 18.2 Å².